The maximum absolute atomic E-state index is 13.8. The fourth-order valence-electron chi connectivity index (χ4n) is 4.90. The van der Waals surface area contributed by atoms with E-state index < -0.39 is 13.3 Å². The largest absolute Gasteiger partial charge is 0.477 e. The number of fused-ring (bicyclic) bond motifs is 1. The van der Waals surface area contributed by atoms with Crippen LogP contribution in [0.5, 0.6) is 0 Å². The van der Waals surface area contributed by atoms with Gasteiger partial charge in [-0.2, -0.15) is 0 Å². The van der Waals surface area contributed by atoms with Crippen LogP contribution in [-0.4, -0.2) is 28.8 Å². The Morgan fingerprint density at radius 2 is 1.86 bits per heavy atom. The Kier molecular flexibility index (Phi) is 6.67. The maximum Gasteiger partial charge on any atom is 0.346 e. The van der Waals surface area contributed by atoms with Crippen LogP contribution in [0.3, 0.4) is 0 Å². The van der Waals surface area contributed by atoms with Crippen LogP contribution in [0.2, 0.25) is 0 Å². The van der Waals surface area contributed by atoms with Crippen molar-refractivity contribution < 1.29 is 23.4 Å². The molecule has 0 bridgehead atoms. The van der Waals surface area contributed by atoms with Gasteiger partial charge < -0.3 is 14.0 Å². The molecular weight excluding hydrogens is 481 g/mol. The van der Waals surface area contributed by atoms with E-state index in [1.165, 1.54) is 18.4 Å². The van der Waals surface area contributed by atoms with Gasteiger partial charge in [-0.15, -0.1) is 11.3 Å². The van der Waals surface area contributed by atoms with E-state index in [2.05, 4.69) is 11.9 Å². The normalized spacial score (nSPS) is 20.1. The van der Waals surface area contributed by atoms with Gasteiger partial charge in [-0.25, -0.2) is 4.79 Å². The second-order valence-electron chi connectivity index (χ2n) is 9.33. The van der Waals surface area contributed by atoms with Crippen LogP contribution in [0.25, 0.3) is 32.9 Å². The first-order valence-corrected chi connectivity index (χ1v) is 14.5. The van der Waals surface area contributed by atoms with E-state index in [4.69, 9.17) is 8.94 Å². The van der Waals surface area contributed by atoms with Gasteiger partial charge in [0.2, 0.25) is 7.37 Å². The van der Waals surface area contributed by atoms with E-state index >= 15 is 0 Å². The van der Waals surface area contributed by atoms with Crippen molar-refractivity contribution in [1.82, 2.24) is 4.98 Å². The average Bonchev–Trinajstić information content (AvgIpc) is 3.49. The minimum Gasteiger partial charge on any atom is -0.477 e. The highest BCUT2D eigenvalue weighted by Crippen LogP contribution is 2.59. The molecule has 8 heteroatoms. The lowest BCUT2D eigenvalue weighted by Crippen LogP contribution is -2.19. The Hall–Kier alpha value is -2.73. The topological polar surface area (TPSA) is 89.6 Å². The third kappa shape index (κ3) is 4.86. The first-order valence-electron chi connectivity index (χ1n) is 11.8. The molecular formula is C27H28NO5PS. The number of aromatic nitrogens is 1. The highest BCUT2D eigenvalue weighted by molar-refractivity contribution is 7.59. The number of benzene rings is 1. The van der Waals surface area contributed by atoms with Crippen LogP contribution in [0.15, 0.2) is 59.1 Å². The number of nitrogens with zero attached hydrogens (tertiary/aromatic N) is 1. The molecule has 1 aliphatic rings. The van der Waals surface area contributed by atoms with Crippen molar-refractivity contribution in [3.63, 3.8) is 0 Å². The van der Waals surface area contributed by atoms with Crippen molar-refractivity contribution in [3.8, 4) is 21.8 Å². The molecule has 0 amide bonds. The van der Waals surface area contributed by atoms with Crippen molar-refractivity contribution in [2.24, 2.45) is 5.92 Å². The zero-order valence-corrected chi connectivity index (χ0v) is 21.5. The molecule has 5 rings (SSSR count). The first kappa shape index (κ1) is 24.0. The van der Waals surface area contributed by atoms with Gasteiger partial charge >= 0.3 is 5.97 Å². The standard InChI is InChI=1S/C27H28NO5PS/c1-17-5-11-21(12-6-17)34(31,32-2)16-20-14-25(35-26(20)27(29)30)19-9-7-18(8-10-19)24-15-22-23(33-24)4-3-13-28-22/h3-4,7-10,13-15,17,21H,5-6,11-12,16H2,1-2H3,(H,29,30). The number of aromatic carboxylic acids is 1. The molecule has 3 heterocycles. The summed E-state index contributed by atoms with van der Waals surface area (Å²) in [6.07, 6.45) is 5.69. The molecule has 182 valence electrons. The Balaban J connectivity index is 1.42. The van der Waals surface area contributed by atoms with E-state index in [-0.39, 0.29) is 16.7 Å². The monoisotopic (exact) mass is 509 g/mol. The fourth-order valence-corrected chi connectivity index (χ4v) is 8.52. The molecule has 1 unspecified atom stereocenters. The molecule has 0 spiro atoms. The Labute approximate surface area is 208 Å². The smallest absolute Gasteiger partial charge is 0.346 e. The molecule has 35 heavy (non-hydrogen) atoms. The highest BCUT2D eigenvalue weighted by Gasteiger charge is 2.37. The molecule has 3 aromatic heterocycles. The summed E-state index contributed by atoms with van der Waals surface area (Å²) in [5, 5.41) is 9.86. The van der Waals surface area contributed by atoms with E-state index in [0.29, 0.717) is 11.5 Å². The van der Waals surface area contributed by atoms with Gasteiger partial charge in [0.25, 0.3) is 0 Å². The number of furan rings is 1. The summed E-state index contributed by atoms with van der Waals surface area (Å²) in [6, 6.07) is 15.3. The number of carboxylic acid groups (broad SMARTS) is 1. The number of hydrogen-bond acceptors (Lipinski definition) is 6. The van der Waals surface area contributed by atoms with E-state index in [1.54, 1.807) is 6.20 Å². The van der Waals surface area contributed by atoms with Gasteiger partial charge in [0, 0.05) is 35.5 Å². The van der Waals surface area contributed by atoms with Gasteiger partial charge in [0.05, 0.1) is 6.16 Å². The second kappa shape index (κ2) is 9.73. The molecule has 0 radical (unpaired) electrons. The number of carboxylic acids is 1. The lowest BCUT2D eigenvalue weighted by molar-refractivity contribution is 0.0701. The molecule has 0 aliphatic heterocycles. The molecule has 1 N–H and O–H groups in total. The first-order chi connectivity index (χ1) is 16.9. The summed E-state index contributed by atoms with van der Waals surface area (Å²) in [7, 11) is -1.51. The highest BCUT2D eigenvalue weighted by atomic mass is 32.1. The van der Waals surface area contributed by atoms with E-state index in [1.807, 2.05) is 48.5 Å². The Bertz CT molecular complexity index is 1370. The van der Waals surface area contributed by atoms with Gasteiger partial charge in [-0.3, -0.25) is 9.55 Å². The van der Waals surface area contributed by atoms with Crippen LogP contribution in [0.4, 0.5) is 0 Å². The SMILES string of the molecule is COP(=O)(Cc1cc(-c2ccc(-c3cc4ncccc4o3)cc2)sc1C(=O)O)C1CCC(C)CC1. The third-order valence-electron chi connectivity index (χ3n) is 6.99. The summed E-state index contributed by atoms with van der Waals surface area (Å²) < 4.78 is 25.3. The van der Waals surface area contributed by atoms with Crippen molar-refractivity contribution in [1.29, 1.82) is 0 Å². The molecule has 1 atom stereocenters. The Morgan fingerprint density at radius 3 is 2.51 bits per heavy atom. The summed E-state index contributed by atoms with van der Waals surface area (Å²) in [5.74, 6) is 0.367. The van der Waals surface area contributed by atoms with Crippen molar-refractivity contribution >= 4 is 35.8 Å². The molecule has 1 fully saturated rings. The number of hydrogen-bond donors (Lipinski definition) is 1. The third-order valence-corrected chi connectivity index (χ3v) is 11.2. The van der Waals surface area contributed by atoms with Crippen LogP contribution in [0, 0.1) is 5.92 Å². The van der Waals surface area contributed by atoms with Gasteiger partial charge in [-0.1, -0.05) is 31.2 Å². The fraction of sp³-hybridized carbons (Fsp3) is 0.333. The van der Waals surface area contributed by atoms with Crippen molar-refractivity contribution in [2.75, 3.05) is 7.11 Å². The molecule has 4 aromatic rings. The number of pyridine rings is 1. The minimum atomic E-state index is -3.01. The zero-order valence-electron chi connectivity index (χ0n) is 19.8. The summed E-state index contributed by atoms with van der Waals surface area (Å²) in [5.41, 5.74) is 3.93. The van der Waals surface area contributed by atoms with Crippen molar-refractivity contribution in [3.05, 3.63) is 65.2 Å². The van der Waals surface area contributed by atoms with Crippen molar-refractivity contribution in [2.45, 2.75) is 44.4 Å². The number of rotatable bonds is 7. The van der Waals surface area contributed by atoms with E-state index in [9.17, 15) is 14.5 Å². The summed E-state index contributed by atoms with van der Waals surface area (Å²) in [4.78, 5) is 17.4. The van der Waals surface area contributed by atoms with Crippen LogP contribution < -0.4 is 0 Å². The summed E-state index contributed by atoms with van der Waals surface area (Å²) >= 11 is 1.21. The lowest BCUT2D eigenvalue weighted by atomic mass is 9.91. The Morgan fingerprint density at radius 1 is 1.14 bits per heavy atom. The molecule has 0 saturated heterocycles. The minimum absolute atomic E-state index is 0.00808. The quantitative estimate of drug-likeness (QED) is 0.255. The van der Waals surface area contributed by atoms with Crippen LogP contribution in [0.1, 0.15) is 47.8 Å². The maximum atomic E-state index is 13.8. The molecule has 1 aromatic carbocycles. The van der Waals surface area contributed by atoms with E-state index in [0.717, 1.165) is 58.5 Å². The second-order valence-corrected chi connectivity index (χ2v) is 13.2. The van der Waals surface area contributed by atoms with Crippen LogP contribution >= 0.6 is 18.7 Å². The summed E-state index contributed by atoms with van der Waals surface area (Å²) in [6.45, 7) is 2.22. The van der Waals surface area contributed by atoms with Gasteiger partial charge in [0.15, 0.2) is 5.58 Å². The molecule has 1 aliphatic carbocycles. The number of carbonyl (C=O) groups is 1. The van der Waals surface area contributed by atoms with Gasteiger partial charge in [-0.05, 0) is 60.9 Å². The molecule has 6 nitrogen and oxygen atoms in total. The zero-order chi connectivity index (χ0) is 24.6. The van der Waals surface area contributed by atoms with Crippen LogP contribution in [-0.2, 0) is 15.3 Å². The average molecular weight is 510 g/mol. The predicted octanol–water partition coefficient (Wildman–Crippen LogP) is 7.92. The predicted molar refractivity (Wildman–Crippen MR) is 139 cm³/mol. The number of thiophene rings is 1. The lowest BCUT2D eigenvalue weighted by Gasteiger charge is -2.31. The molecule has 1 saturated carbocycles. The van der Waals surface area contributed by atoms with Gasteiger partial charge in [0.1, 0.15) is 16.2 Å².